The third kappa shape index (κ3) is 2.01. The third-order valence-electron chi connectivity index (χ3n) is 5.17. The molecular formula is C18H21N. The maximum Gasteiger partial charge on any atom is 0.0456 e. The molecule has 1 N–H and O–H groups in total. The normalized spacial score (nSPS) is 29.2. The van der Waals surface area contributed by atoms with Gasteiger partial charge in [-0.1, -0.05) is 30.4 Å². The summed E-state index contributed by atoms with van der Waals surface area (Å²) < 4.78 is 0. The standard InChI is InChI=1S/C18H21N/c1-2-4-18-17(3-1)16(12-19-18)10-9-15-11-13-5-7-14(15)8-6-13/h1-5,7,12-15,19H,6,8-11H2. The van der Waals surface area contributed by atoms with E-state index in [-0.39, 0.29) is 0 Å². The average molecular weight is 251 g/mol. The largest absolute Gasteiger partial charge is 0.361 e. The van der Waals surface area contributed by atoms with E-state index in [1.54, 1.807) is 0 Å². The van der Waals surface area contributed by atoms with Gasteiger partial charge in [-0.3, -0.25) is 0 Å². The summed E-state index contributed by atoms with van der Waals surface area (Å²) in [6.45, 7) is 0. The van der Waals surface area contributed by atoms with Crippen LogP contribution in [0.5, 0.6) is 0 Å². The number of hydrogen-bond acceptors (Lipinski definition) is 0. The molecule has 5 rings (SSSR count). The second kappa shape index (κ2) is 4.56. The second-order valence-corrected chi connectivity index (χ2v) is 6.28. The zero-order chi connectivity index (χ0) is 12.7. The van der Waals surface area contributed by atoms with Crippen molar-refractivity contribution in [1.82, 2.24) is 4.98 Å². The van der Waals surface area contributed by atoms with Gasteiger partial charge in [-0.2, -0.15) is 0 Å². The van der Waals surface area contributed by atoms with Gasteiger partial charge < -0.3 is 4.98 Å². The molecule has 19 heavy (non-hydrogen) atoms. The van der Waals surface area contributed by atoms with E-state index in [0.29, 0.717) is 0 Å². The number of aryl methyl sites for hydroxylation is 1. The molecule has 1 heteroatoms. The van der Waals surface area contributed by atoms with E-state index in [1.807, 2.05) is 0 Å². The molecule has 1 nitrogen and oxygen atoms in total. The van der Waals surface area contributed by atoms with Crippen molar-refractivity contribution in [2.75, 3.05) is 0 Å². The number of nitrogens with one attached hydrogen (secondary N) is 1. The molecule has 3 aliphatic carbocycles. The van der Waals surface area contributed by atoms with Crippen molar-refractivity contribution in [2.24, 2.45) is 17.8 Å². The van der Waals surface area contributed by atoms with Crippen LogP contribution < -0.4 is 0 Å². The molecule has 1 fully saturated rings. The molecule has 1 aromatic carbocycles. The van der Waals surface area contributed by atoms with E-state index < -0.39 is 0 Å². The summed E-state index contributed by atoms with van der Waals surface area (Å²) in [6.07, 6.45) is 14.1. The Morgan fingerprint density at radius 1 is 1.11 bits per heavy atom. The molecule has 3 aliphatic rings. The molecule has 3 atom stereocenters. The molecule has 0 saturated heterocycles. The van der Waals surface area contributed by atoms with Gasteiger partial charge in [0.2, 0.25) is 0 Å². The second-order valence-electron chi connectivity index (χ2n) is 6.28. The Labute approximate surface area is 114 Å². The highest BCUT2D eigenvalue weighted by Gasteiger charge is 2.31. The van der Waals surface area contributed by atoms with Gasteiger partial charge in [-0.05, 0) is 61.5 Å². The first-order valence-corrected chi connectivity index (χ1v) is 7.63. The number of allylic oxidation sites excluding steroid dienone is 2. The number of aromatic amines is 1. The highest BCUT2D eigenvalue weighted by atomic mass is 14.7. The molecule has 0 amide bonds. The Morgan fingerprint density at radius 2 is 2.05 bits per heavy atom. The van der Waals surface area contributed by atoms with Gasteiger partial charge in [0.05, 0.1) is 0 Å². The molecule has 0 spiro atoms. The van der Waals surface area contributed by atoms with Crippen LogP contribution in [0.2, 0.25) is 0 Å². The van der Waals surface area contributed by atoms with Crippen molar-refractivity contribution in [3.05, 3.63) is 48.2 Å². The molecule has 0 radical (unpaired) electrons. The van der Waals surface area contributed by atoms with E-state index >= 15 is 0 Å². The quantitative estimate of drug-likeness (QED) is 0.761. The fraction of sp³-hybridized carbons (Fsp3) is 0.444. The summed E-state index contributed by atoms with van der Waals surface area (Å²) in [5.41, 5.74) is 2.78. The van der Waals surface area contributed by atoms with Crippen LogP contribution in [0.1, 0.15) is 31.2 Å². The van der Waals surface area contributed by atoms with E-state index in [9.17, 15) is 0 Å². The van der Waals surface area contributed by atoms with Gasteiger partial charge >= 0.3 is 0 Å². The first-order valence-electron chi connectivity index (χ1n) is 7.63. The fourth-order valence-corrected chi connectivity index (χ4v) is 4.06. The highest BCUT2D eigenvalue weighted by Crippen LogP contribution is 2.42. The van der Waals surface area contributed by atoms with Crippen LogP contribution in [0.25, 0.3) is 10.9 Å². The van der Waals surface area contributed by atoms with Crippen LogP contribution >= 0.6 is 0 Å². The highest BCUT2D eigenvalue weighted by molar-refractivity contribution is 5.82. The Kier molecular flexibility index (Phi) is 2.72. The minimum Gasteiger partial charge on any atom is -0.361 e. The molecule has 1 saturated carbocycles. The molecular weight excluding hydrogens is 230 g/mol. The number of benzene rings is 1. The van der Waals surface area contributed by atoms with Crippen molar-refractivity contribution < 1.29 is 0 Å². The smallest absolute Gasteiger partial charge is 0.0456 e. The van der Waals surface area contributed by atoms with Crippen LogP contribution in [0.4, 0.5) is 0 Å². The number of aromatic nitrogens is 1. The van der Waals surface area contributed by atoms with Gasteiger partial charge in [0.1, 0.15) is 0 Å². The number of hydrogen-bond donors (Lipinski definition) is 1. The first kappa shape index (κ1) is 11.3. The Morgan fingerprint density at radius 3 is 2.84 bits per heavy atom. The topological polar surface area (TPSA) is 15.8 Å². The first-order chi connectivity index (χ1) is 9.40. The third-order valence-corrected chi connectivity index (χ3v) is 5.17. The summed E-state index contributed by atoms with van der Waals surface area (Å²) in [5.74, 6) is 2.69. The van der Waals surface area contributed by atoms with Crippen molar-refractivity contribution in [1.29, 1.82) is 0 Å². The zero-order valence-electron chi connectivity index (χ0n) is 11.3. The molecule has 98 valence electrons. The molecule has 0 aliphatic heterocycles. The van der Waals surface area contributed by atoms with Crippen LogP contribution in [-0.4, -0.2) is 4.98 Å². The minimum atomic E-state index is 0.871. The van der Waals surface area contributed by atoms with E-state index in [0.717, 1.165) is 17.8 Å². The summed E-state index contributed by atoms with van der Waals surface area (Å²) in [7, 11) is 0. The van der Waals surface area contributed by atoms with Gasteiger partial charge in [0.15, 0.2) is 0 Å². The van der Waals surface area contributed by atoms with Gasteiger partial charge in [-0.15, -0.1) is 0 Å². The maximum absolute atomic E-state index is 3.40. The Bertz CT molecular complexity index is 607. The molecule has 2 aromatic rings. The lowest BCUT2D eigenvalue weighted by atomic mass is 9.67. The number of para-hydroxylation sites is 1. The van der Waals surface area contributed by atoms with Crippen molar-refractivity contribution in [2.45, 2.75) is 32.1 Å². The maximum atomic E-state index is 3.40. The Balaban J connectivity index is 1.49. The van der Waals surface area contributed by atoms with Crippen molar-refractivity contribution in [3.8, 4) is 0 Å². The number of rotatable bonds is 3. The molecule has 3 unspecified atom stereocenters. The van der Waals surface area contributed by atoms with Crippen LogP contribution in [0.3, 0.4) is 0 Å². The van der Waals surface area contributed by atoms with E-state index in [1.165, 1.54) is 48.6 Å². The fourth-order valence-electron chi connectivity index (χ4n) is 4.06. The SMILES string of the molecule is C1=CC2CCC1CC2CCc1c[nH]c2ccccc12. The minimum absolute atomic E-state index is 0.871. The zero-order valence-corrected chi connectivity index (χ0v) is 11.3. The van der Waals surface area contributed by atoms with Gasteiger partial charge in [-0.25, -0.2) is 0 Å². The predicted octanol–water partition coefficient (Wildman–Crippen LogP) is 4.70. The molecule has 1 aromatic heterocycles. The summed E-state index contributed by atoms with van der Waals surface area (Å²) in [5, 5.41) is 1.42. The van der Waals surface area contributed by atoms with Gasteiger partial charge in [0, 0.05) is 17.1 Å². The average Bonchev–Trinajstić information content (AvgIpc) is 2.90. The molecule has 1 heterocycles. The lowest BCUT2D eigenvalue weighted by Gasteiger charge is -2.38. The van der Waals surface area contributed by atoms with Gasteiger partial charge in [0.25, 0.3) is 0 Å². The number of fused-ring (bicyclic) bond motifs is 3. The van der Waals surface area contributed by atoms with Crippen molar-refractivity contribution in [3.63, 3.8) is 0 Å². The monoisotopic (exact) mass is 251 g/mol. The summed E-state index contributed by atoms with van der Waals surface area (Å²) in [4.78, 5) is 3.40. The number of H-pyrrole nitrogens is 1. The Hall–Kier alpha value is -1.50. The lowest BCUT2D eigenvalue weighted by molar-refractivity contribution is 0.209. The lowest BCUT2D eigenvalue weighted by Crippen LogP contribution is -2.27. The van der Waals surface area contributed by atoms with Crippen LogP contribution in [-0.2, 0) is 6.42 Å². The van der Waals surface area contributed by atoms with Crippen LogP contribution in [0.15, 0.2) is 42.6 Å². The van der Waals surface area contributed by atoms with Crippen molar-refractivity contribution >= 4 is 10.9 Å². The summed E-state index contributed by atoms with van der Waals surface area (Å²) >= 11 is 0. The summed E-state index contributed by atoms with van der Waals surface area (Å²) in [6, 6.07) is 8.66. The predicted molar refractivity (Wildman–Crippen MR) is 80.1 cm³/mol. The van der Waals surface area contributed by atoms with E-state index in [2.05, 4.69) is 47.6 Å². The molecule has 2 bridgehead atoms. The van der Waals surface area contributed by atoms with E-state index in [4.69, 9.17) is 0 Å². The van der Waals surface area contributed by atoms with Crippen LogP contribution in [0, 0.1) is 17.8 Å².